The second-order valence-electron chi connectivity index (χ2n) is 5.36. The van der Waals surface area contributed by atoms with Crippen LogP contribution in [0.2, 0.25) is 0 Å². The molecule has 1 unspecified atom stereocenters. The minimum atomic E-state index is -0.872. The molecular formula is C16H16ClFN2O3. The van der Waals surface area contributed by atoms with Gasteiger partial charge in [-0.15, -0.1) is 12.4 Å². The number of carbonyl (C=O) groups is 2. The monoisotopic (exact) mass is 338 g/mol. The van der Waals surface area contributed by atoms with Gasteiger partial charge in [-0.05, 0) is 24.1 Å². The highest BCUT2D eigenvalue weighted by Gasteiger charge is 2.32. The lowest BCUT2D eigenvalue weighted by molar-refractivity contribution is -0.141. The van der Waals surface area contributed by atoms with Gasteiger partial charge in [0.05, 0.1) is 11.5 Å². The van der Waals surface area contributed by atoms with E-state index in [1.807, 2.05) is 0 Å². The first-order valence-electron chi connectivity index (χ1n) is 7.01. The SMILES string of the molecule is Cl.O=C(O)C1CCN(C(=O)c2c[nH]cc2-c2ccc(F)cc2)C1. The Balaban J connectivity index is 0.00000192. The number of aliphatic carboxylic acids is 1. The van der Waals surface area contributed by atoms with E-state index < -0.39 is 11.9 Å². The summed E-state index contributed by atoms with van der Waals surface area (Å²) in [5, 5.41) is 9.02. The van der Waals surface area contributed by atoms with Crippen LogP contribution in [-0.2, 0) is 4.79 Å². The number of benzene rings is 1. The minimum Gasteiger partial charge on any atom is -0.481 e. The number of hydrogen-bond donors (Lipinski definition) is 2. The van der Waals surface area contributed by atoms with Gasteiger partial charge in [-0.25, -0.2) is 4.39 Å². The van der Waals surface area contributed by atoms with Crippen molar-refractivity contribution in [2.45, 2.75) is 6.42 Å². The Labute approximate surface area is 138 Å². The molecule has 23 heavy (non-hydrogen) atoms. The number of carbonyl (C=O) groups excluding carboxylic acids is 1. The fourth-order valence-corrected chi connectivity index (χ4v) is 2.73. The molecule has 2 heterocycles. The second-order valence-corrected chi connectivity index (χ2v) is 5.36. The lowest BCUT2D eigenvalue weighted by Crippen LogP contribution is -2.30. The van der Waals surface area contributed by atoms with Gasteiger partial charge in [0, 0.05) is 31.0 Å². The van der Waals surface area contributed by atoms with E-state index in [4.69, 9.17) is 5.11 Å². The Hall–Kier alpha value is -2.34. The molecule has 0 spiro atoms. The Morgan fingerprint density at radius 3 is 2.52 bits per heavy atom. The van der Waals surface area contributed by atoms with E-state index in [0.717, 1.165) is 5.56 Å². The first-order chi connectivity index (χ1) is 10.6. The van der Waals surface area contributed by atoms with Gasteiger partial charge in [0.2, 0.25) is 0 Å². The molecule has 5 nitrogen and oxygen atoms in total. The predicted molar refractivity (Wildman–Crippen MR) is 85.1 cm³/mol. The molecule has 1 aliphatic heterocycles. The maximum Gasteiger partial charge on any atom is 0.308 e. The van der Waals surface area contributed by atoms with Gasteiger partial charge in [0.25, 0.3) is 5.91 Å². The van der Waals surface area contributed by atoms with Crippen LogP contribution < -0.4 is 0 Å². The fraction of sp³-hybridized carbons (Fsp3) is 0.250. The van der Waals surface area contributed by atoms with Gasteiger partial charge in [-0.2, -0.15) is 0 Å². The predicted octanol–water partition coefficient (Wildman–Crippen LogP) is 2.79. The summed E-state index contributed by atoms with van der Waals surface area (Å²) in [5.41, 5.74) is 1.89. The van der Waals surface area contributed by atoms with Gasteiger partial charge in [-0.1, -0.05) is 12.1 Å². The highest BCUT2D eigenvalue weighted by Crippen LogP contribution is 2.27. The van der Waals surface area contributed by atoms with Crippen LogP contribution in [0.5, 0.6) is 0 Å². The van der Waals surface area contributed by atoms with Gasteiger partial charge >= 0.3 is 5.97 Å². The Kier molecular flexibility index (Phi) is 5.05. The summed E-state index contributed by atoms with van der Waals surface area (Å²) < 4.78 is 13.0. The maximum atomic E-state index is 13.0. The fourth-order valence-electron chi connectivity index (χ4n) is 2.73. The molecule has 0 radical (unpaired) electrons. The molecular weight excluding hydrogens is 323 g/mol. The largest absolute Gasteiger partial charge is 0.481 e. The van der Waals surface area contributed by atoms with Crippen LogP contribution in [0, 0.1) is 11.7 Å². The number of rotatable bonds is 3. The molecule has 1 amide bonds. The smallest absolute Gasteiger partial charge is 0.308 e. The van der Waals surface area contributed by atoms with Crippen molar-refractivity contribution in [3.8, 4) is 11.1 Å². The van der Waals surface area contributed by atoms with Crippen molar-refractivity contribution in [1.29, 1.82) is 0 Å². The molecule has 3 rings (SSSR count). The lowest BCUT2D eigenvalue weighted by Gasteiger charge is -2.16. The summed E-state index contributed by atoms with van der Waals surface area (Å²) >= 11 is 0. The summed E-state index contributed by atoms with van der Waals surface area (Å²) in [5.74, 6) is -1.92. The van der Waals surface area contributed by atoms with Crippen LogP contribution in [0.3, 0.4) is 0 Å². The maximum absolute atomic E-state index is 13.0. The third-order valence-electron chi connectivity index (χ3n) is 3.96. The van der Waals surface area contributed by atoms with Crippen LogP contribution in [0.4, 0.5) is 4.39 Å². The molecule has 122 valence electrons. The molecule has 1 atom stereocenters. The molecule has 0 bridgehead atoms. The van der Waals surface area contributed by atoms with Gasteiger partial charge < -0.3 is 15.0 Å². The molecule has 2 N–H and O–H groups in total. The number of carboxylic acid groups (broad SMARTS) is 1. The number of aromatic amines is 1. The van der Waals surface area contributed by atoms with E-state index in [1.165, 1.54) is 12.1 Å². The Morgan fingerprint density at radius 1 is 1.22 bits per heavy atom. The van der Waals surface area contributed by atoms with Crippen LogP contribution in [0.25, 0.3) is 11.1 Å². The van der Waals surface area contributed by atoms with Crippen molar-refractivity contribution >= 4 is 24.3 Å². The molecule has 1 fully saturated rings. The topological polar surface area (TPSA) is 73.4 Å². The van der Waals surface area contributed by atoms with Crippen molar-refractivity contribution in [3.05, 3.63) is 48.0 Å². The first-order valence-corrected chi connectivity index (χ1v) is 7.01. The van der Waals surface area contributed by atoms with Crippen molar-refractivity contribution in [3.63, 3.8) is 0 Å². The average molecular weight is 339 g/mol. The average Bonchev–Trinajstić information content (AvgIpc) is 3.17. The summed E-state index contributed by atoms with van der Waals surface area (Å²) in [6.45, 7) is 0.659. The molecule has 1 aromatic carbocycles. The number of halogens is 2. The van der Waals surface area contributed by atoms with Crippen molar-refractivity contribution in [2.24, 2.45) is 5.92 Å². The number of aromatic nitrogens is 1. The quantitative estimate of drug-likeness (QED) is 0.903. The van der Waals surface area contributed by atoms with Crippen LogP contribution >= 0.6 is 12.4 Å². The van der Waals surface area contributed by atoms with Crippen LogP contribution in [0.15, 0.2) is 36.7 Å². The number of amides is 1. The molecule has 1 aromatic heterocycles. The standard InChI is InChI=1S/C16H15FN2O3.ClH/c17-12-3-1-10(2-4-12)13-7-18-8-14(13)15(20)19-6-5-11(9-19)16(21)22;/h1-4,7-8,11,18H,5-6,9H2,(H,21,22);1H. The van der Waals surface area contributed by atoms with E-state index in [2.05, 4.69) is 4.98 Å². The number of hydrogen-bond acceptors (Lipinski definition) is 2. The normalized spacial score (nSPS) is 16.9. The van der Waals surface area contributed by atoms with Crippen LogP contribution in [0.1, 0.15) is 16.8 Å². The van der Waals surface area contributed by atoms with Gasteiger partial charge in [0.15, 0.2) is 0 Å². The number of carboxylic acids is 1. The van der Waals surface area contributed by atoms with Crippen molar-refractivity contribution < 1.29 is 19.1 Å². The second kappa shape index (κ2) is 6.83. The molecule has 1 aliphatic rings. The number of nitrogens with zero attached hydrogens (tertiary/aromatic N) is 1. The highest BCUT2D eigenvalue weighted by molar-refractivity contribution is 6.01. The highest BCUT2D eigenvalue weighted by atomic mass is 35.5. The molecule has 7 heteroatoms. The third-order valence-corrected chi connectivity index (χ3v) is 3.96. The third kappa shape index (κ3) is 3.37. The zero-order valence-electron chi connectivity index (χ0n) is 12.2. The number of likely N-dealkylation sites (tertiary alicyclic amines) is 1. The summed E-state index contributed by atoms with van der Waals surface area (Å²) in [6.07, 6.45) is 3.75. The molecule has 0 aliphatic carbocycles. The Bertz CT molecular complexity index is 714. The van der Waals surface area contributed by atoms with Crippen molar-refractivity contribution in [1.82, 2.24) is 9.88 Å². The summed E-state index contributed by atoms with van der Waals surface area (Å²) in [7, 11) is 0. The number of H-pyrrole nitrogens is 1. The van der Waals surface area contributed by atoms with Crippen molar-refractivity contribution in [2.75, 3.05) is 13.1 Å². The Morgan fingerprint density at radius 2 is 1.91 bits per heavy atom. The first kappa shape index (κ1) is 17.0. The van der Waals surface area contributed by atoms with E-state index in [9.17, 15) is 14.0 Å². The summed E-state index contributed by atoms with van der Waals surface area (Å²) in [4.78, 5) is 28.0. The molecule has 2 aromatic rings. The van der Waals surface area contributed by atoms with E-state index in [0.29, 0.717) is 24.1 Å². The van der Waals surface area contributed by atoms with Gasteiger partial charge in [-0.3, -0.25) is 9.59 Å². The van der Waals surface area contributed by atoms with E-state index in [-0.39, 0.29) is 30.7 Å². The van der Waals surface area contributed by atoms with Gasteiger partial charge in [0.1, 0.15) is 5.82 Å². The zero-order chi connectivity index (χ0) is 15.7. The summed E-state index contributed by atoms with van der Waals surface area (Å²) in [6, 6.07) is 5.90. The minimum absolute atomic E-state index is 0. The van der Waals surface area contributed by atoms with Crippen LogP contribution in [-0.4, -0.2) is 40.0 Å². The van der Waals surface area contributed by atoms with E-state index in [1.54, 1.807) is 29.4 Å². The zero-order valence-corrected chi connectivity index (χ0v) is 13.0. The van der Waals surface area contributed by atoms with E-state index >= 15 is 0 Å². The lowest BCUT2D eigenvalue weighted by atomic mass is 10.0. The molecule has 1 saturated heterocycles. The molecule has 0 saturated carbocycles. The number of nitrogens with one attached hydrogen (secondary N) is 1.